The lowest BCUT2D eigenvalue weighted by atomic mass is 10.2. The number of methoxy groups -OCH3 is 1. The zero-order valence-corrected chi connectivity index (χ0v) is 17.9. The summed E-state index contributed by atoms with van der Waals surface area (Å²) in [6.45, 7) is 0.954. The molecule has 1 heterocycles. The van der Waals surface area contributed by atoms with Crippen molar-refractivity contribution in [3.8, 4) is 5.75 Å². The topological polar surface area (TPSA) is 84.9 Å². The molecule has 0 spiro atoms. The van der Waals surface area contributed by atoms with Crippen molar-refractivity contribution < 1.29 is 35.9 Å². The molecule has 168 valence electrons. The molecule has 0 aliphatic carbocycles. The molecule has 1 N–H and O–H groups in total. The maximum absolute atomic E-state index is 13.0. The first-order valence-corrected chi connectivity index (χ1v) is 11.3. The molecular formula is C19H19F3N2O5S2. The van der Waals surface area contributed by atoms with E-state index in [0.29, 0.717) is 0 Å². The first-order chi connectivity index (χ1) is 14.6. The van der Waals surface area contributed by atoms with Crippen LogP contribution >= 0.6 is 11.8 Å². The van der Waals surface area contributed by atoms with Crippen molar-refractivity contribution in [3.05, 3.63) is 48.0 Å². The van der Waals surface area contributed by atoms with Crippen LogP contribution in [0.2, 0.25) is 0 Å². The number of carbonyl (C=O) groups is 1. The Labute approximate surface area is 181 Å². The van der Waals surface area contributed by atoms with E-state index in [0.717, 1.165) is 0 Å². The van der Waals surface area contributed by atoms with Gasteiger partial charge in [-0.1, -0.05) is 0 Å². The van der Waals surface area contributed by atoms with Crippen LogP contribution in [-0.4, -0.2) is 57.6 Å². The van der Waals surface area contributed by atoms with E-state index in [1.54, 1.807) is 0 Å². The van der Waals surface area contributed by atoms with Crippen molar-refractivity contribution in [2.24, 2.45) is 0 Å². The van der Waals surface area contributed by atoms with Crippen molar-refractivity contribution >= 4 is 33.4 Å². The van der Waals surface area contributed by atoms with Crippen LogP contribution < -0.4 is 10.1 Å². The van der Waals surface area contributed by atoms with E-state index in [1.165, 1.54) is 53.9 Å². The molecule has 0 radical (unpaired) electrons. The Kier molecular flexibility index (Phi) is 7.14. The third-order valence-corrected chi connectivity index (χ3v) is 7.02. The standard InChI is InChI=1S/C19H19F3N2O5S2/c1-28-16-7-4-14(12-17(16)31(26,27)24-8-10-29-11-9-24)23-18(25)13-2-5-15(6-3-13)30-19(20,21)22/h2-7,12H,8-11H2,1H3,(H,23,25). The molecule has 1 amide bonds. The van der Waals surface area contributed by atoms with Gasteiger partial charge in [0, 0.05) is 29.2 Å². The predicted octanol–water partition coefficient (Wildman–Crippen LogP) is 3.58. The van der Waals surface area contributed by atoms with Crippen LogP contribution in [-0.2, 0) is 14.8 Å². The van der Waals surface area contributed by atoms with Crippen LogP contribution in [0.5, 0.6) is 5.75 Å². The molecule has 1 aliphatic rings. The number of ether oxygens (including phenoxy) is 2. The molecule has 1 fully saturated rings. The number of halogens is 3. The number of anilines is 1. The second kappa shape index (κ2) is 9.47. The molecule has 0 saturated carbocycles. The van der Waals surface area contributed by atoms with Gasteiger partial charge >= 0.3 is 5.51 Å². The van der Waals surface area contributed by atoms with Gasteiger partial charge < -0.3 is 14.8 Å². The fourth-order valence-corrected chi connectivity index (χ4v) is 5.02. The summed E-state index contributed by atoms with van der Waals surface area (Å²) in [6.07, 6.45) is 0. The quantitative estimate of drug-likeness (QED) is 0.642. The Morgan fingerprint density at radius 3 is 2.35 bits per heavy atom. The lowest BCUT2D eigenvalue weighted by molar-refractivity contribution is -0.0328. The fraction of sp³-hybridized carbons (Fsp3) is 0.316. The van der Waals surface area contributed by atoms with Crippen molar-refractivity contribution in [1.29, 1.82) is 0 Å². The maximum atomic E-state index is 13.0. The van der Waals surface area contributed by atoms with Gasteiger partial charge in [-0.25, -0.2) is 8.42 Å². The Balaban J connectivity index is 1.80. The van der Waals surface area contributed by atoms with Crippen molar-refractivity contribution in [3.63, 3.8) is 0 Å². The minimum Gasteiger partial charge on any atom is -0.495 e. The molecule has 31 heavy (non-hydrogen) atoms. The summed E-state index contributed by atoms with van der Waals surface area (Å²) in [5, 5.41) is 2.56. The van der Waals surface area contributed by atoms with E-state index in [4.69, 9.17) is 9.47 Å². The number of nitrogens with zero attached hydrogens (tertiary/aromatic N) is 1. The molecule has 0 aromatic heterocycles. The molecule has 2 aromatic rings. The number of nitrogens with one attached hydrogen (secondary N) is 1. The summed E-state index contributed by atoms with van der Waals surface area (Å²) in [6, 6.07) is 9.09. The summed E-state index contributed by atoms with van der Waals surface area (Å²) >= 11 is -0.278. The molecule has 0 unspecified atom stereocenters. The van der Waals surface area contributed by atoms with Gasteiger partial charge in [0.25, 0.3) is 5.91 Å². The van der Waals surface area contributed by atoms with Gasteiger partial charge in [-0.2, -0.15) is 17.5 Å². The van der Waals surface area contributed by atoms with Gasteiger partial charge in [0.2, 0.25) is 10.0 Å². The van der Waals surface area contributed by atoms with Crippen molar-refractivity contribution in [2.45, 2.75) is 15.3 Å². The number of rotatable bonds is 6. The highest BCUT2D eigenvalue weighted by Crippen LogP contribution is 2.36. The highest BCUT2D eigenvalue weighted by atomic mass is 32.2. The summed E-state index contributed by atoms with van der Waals surface area (Å²) in [5.41, 5.74) is -4.10. The number of hydrogen-bond donors (Lipinski definition) is 1. The molecule has 12 heteroatoms. The monoisotopic (exact) mass is 476 g/mol. The number of benzene rings is 2. The van der Waals surface area contributed by atoms with Crippen LogP contribution in [0.15, 0.2) is 52.3 Å². The molecule has 1 aliphatic heterocycles. The van der Waals surface area contributed by atoms with Crippen LogP contribution in [0.25, 0.3) is 0 Å². The van der Waals surface area contributed by atoms with Crippen molar-refractivity contribution in [2.75, 3.05) is 38.7 Å². The molecule has 1 saturated heterocycles. The highest BCUT2D eigenvalue weighted by molar-refractivity contribution is 8.00. The van der Waals surface area contributed by atoms with Crippen LogP contribution in [0, 0.1) is 0 Å². The molecule has 0 bridgehead atoms. The second-order valence-corrected chi connectivity index (χ2v) is 9.45. The van der Waals surface area contributed by atoms with E-state index >= 15 is 0 Å². The zero-order chi connectivity index (χ0) is 22.6. The lowest BCUT2D eigenvalue weighted by Gasteiger charge is -2.26. The zero-order valence-electron chi connectivity index (χ0n) is 16.3. The predicted molar refractivity (Wildman–Crippen MR) is 109 cm³/mol. The van der Waals surface area contributed by atoms with Crippen molar-refractivity contribution in [1.82, 2.24) is 4.31 Å². The number of hydrogen-bond acceptors (Lipinski definition) is 6. The van der Waals surface area contributed by atoms with E-state index in [-0.39, 0.29) is 64.9 Å². The Morgan fingerprint density at radius 2 is 1.77 bits per heavy atom. The minimum atomic E-state index is -4.42. The Bertz CT molecular complexity index is 1040. The molecule has 7 nitrogen and oxygen atoms in total. The second-order valence-electron chi connectivity index (χ2n) is 6.41. The Morgan fingerprint density at radius 1 is 1.13 bits per heavy atom. The third kappa shape index (κ3) is 5.91. The average molecular weight is 476 g/mol. The Hall–Kier alpha value is -2.28. The fourth-order valence-electron chi connectivity index (χ4n) is 2.89. The highest BCUT2D eigenvalue weighted by Gasteiger charge is 2.30. The average Bonchev–Trinajstić information content (AvgIpc) is 2.73. The third-order valence-electron chi connectivity index (χ3n) is 4.36. The van der Waals surface area contributed by atoms with Gasteiger partial charge in [0.1, 0.15) is 10.6 Å². The number of carbonyl (C=O) groups excluding carboxylic acids is 1. The normalized spacial score (nSPS) is 15.5. The SMILES string of the molecule is COc1ccc(NC(=O)c2ccc(SC(F)(F)F)cc2)cc1S(=O)(=O)N1CCOCC1. The summed E-state index contributed by atoms with van der Waals surface area (Å²) in [4.78, 5) is 12.3. The van der Waals surface area contributed by atoms with E-state index in [1.807, 2.05) is 0 Å². The summed E-state index contributed by atoms with van der Waals surface area (Å²) in [5.74, 6) is -0.471. The summed E-state index contributed by atoms with van der Waals surface area (Å²) in [7, 11) is -2.54. The van der Waals surface area contributed by atoms with Gasteiger partial charge in [-0.3, -0.25) is 4.79 Å². The first kappa shape index (κ1) is 23.4. The van der Waals surface area contributed by atoms with E-state index < -0.39 is 21.4 Å². The van der Waals surface area contributed by atoms with E-state index in [2.05, 4.69) is 5.32 Å². The number of sulfonamides is 1. The first-order valence-electron chi connectivity index (χ1n) is 9.03. The minimum absolute atomic E-state index is 0.0487. The molecular weight excluding hydrogens is 457 g/mol. The van der Waals surface area contributed by atoms with Gasteiger partial charge in [0.15, 0.2) is 0 Å². The number of alkyl halides is 3. The summed E-state index contributed by atoms with van der Waals surface area (Å²) < 4.78 is 75.0. The molecule has 3 rings (SSSR count). The number of thioether (sulfide) groups is 1. The van der Waals surface area contributed by atoms with Gasteiger partial charge in [-0.05, 0) is 54.2 Å². The van der Waals surface area contributed by atoms with Gasteiger partial charge in [-0.15, -0.1) is 0 Å². The number of morpholine rings is 1. The molecule has 0 atom stereocenters. The smallest absolute Gasteiger partial charge is 0.446 e. The lowest BCUT2D eigenvalue weighted by Crippen LogP contribution is -2.40. The van der Waals surface area contributed by atoms with Crippen LogP contribution in [0.1, 0.15) is 10.4 Å². The van der Waals surface area contributed by atoms with Gasteiger partial charge in [0.05, 0.1) is 20.3 Å². The maximum Gasteiger partial charge on any atom is 0.446 e. The van der Waals surface area contributed by atoms with Crippen LogP contribution in [0.4, 0.5) is 18.9 Å². The molecule has 2 aromatic carbocycles. The largest absolute Gasteiger partial charge is 0.495 e. The number of amides is 1. The van der Waals surface area contributed by atoms with E-state index in [9.17, 15) is 26.4 Å². The van der Waals surface area contributed by atoms with Crippen LogP contribution in [0.3, 0.4) is 0 Å².